The van der Waals surface area contributed by atoms with Gasteiger partial charge in [0.05, 0.1) is 6.61 Å². The Morgan fingerprint density at radius 2 is 2.20 bits per heavy atom. The Labute approximate surface area is 91.5 Å². The van der Waals surface area contributed by atoms with E-state index in [1.807, 2.05) is 0 Å². The average molecular weight is 214 g/mol. The van der Waals surface area contributed by atoms with Crippen molar-refractivity contribution in [2.24, 2.45) is 11.7 Å². The molecule has 1 aliphatic rings. The molecule has 3 N–H and O–H groups in total. The largest absolute Gasteiger partial charge is 0.370 e. The molecule has 0 aromatic carbocycles. The van der Waals surface area contributed by atoms with E-state index in [-0.39, 0.29) is 18.6 Å². The second-order valence-corrected chi connectivity index (χ2v) is 4.24. The maximum absolute atomic E-state index is 11.4. The van der Waals surface area contributed by atoms with Crippen molar-refractivity contribution in [2.75, 3.05) is 19.8 Å². The molecule has 1 rings (SSSR count). The molecule has 1 amide bonds. The lowest BCUT2D eigenvalue weighted by Crippen LogP contribution is -2.39. The second kappa shape index (κ2) is 6.80. The van der Waals surface area contributed by atoms with Gasteiger partial charge in [0.2, 0.25) is 5.91 Å². The van der Waals surface area contributed by atoms with E-state index in [0.717, 1.165) is 0 Å². The minimum Gasteiger partial charge on any atom is -0.370 e. The van der Waals surface area contributed by atoms with Gasteiger partial charge in [-0.25, -0.2) is 0 Å². The molecule has 0 radical (unpaired) electrons. The Morgan fingerprint density at radius 1 is 1.53 bits per heavy atom. The summed E-state index contributed by atoms with van der Waals surface area (Å²) in [4.78, 5) is 11.4. The summed E-state index contributed by atoms with van der Waals surface area (Å²) in [6.07, 6.45) is 5.08. The highest BCUT2D eigenvalue weighted by Gasteiger charge is 2.22. The molecule has 1 aliphatic carbocycles. The molecular formula is C11H22N2O2. The van der Waals surface area contributed by atoms with Crippen LogP contribution in [0.4, 0.5) is 0 Å². The summed E-state index contributed by atoms with van der Waals surface area (Å²) in [6, 6.07) is 0.279. The van der Waals surface area contributed by atoms with Crippen molar-refractivity contribution >= 4 is 5.91 Å². The zero-order chi connectivity index (χ0) is 11.1. The summed E-state index contributed by atoms with van der Waals surface area (Å²) in [6.45, 7) is 3.13. The predicted molar refractivity (Wildman–Crippen MR) is 59.4 cm³/mol. The Kier molecular flexibility index (Phi) is 5.65. The van der Waals surface area contributed by atoms with Crippen molar-refractivity contribution in [1.29, 1.82) is 0 Å². The predicted octanol–water partition coefficient (Wildman–Crippen LogP) is 0.657. The first kappa shape index (κ1) is 12.5. The summed E-state index contributed by atoms with van der Waals surface area (Å²) < 4.78 is 5.07. The third kappa shape index (κ3) is 4.62. The van der Waals surface area contributed by atoms with Crippen LogP contribution >= 0.6 is 0 Å². The number of carbonyl (C=O) groups excluding carboxylic acids is 1. The van der Waals surface area contributed by atoms with Gasteiger partial charge in [-0.1, -0.05) is 12.8 Å². The molecule has 4 nitrogen and oxygen atoms in total. The first-order valence-electron chi connectivity index (χ1n) is 5.81. The van der Waals surface area contributed by atoms with Crippen LogP contribution < -0.4 is 11.1 Å². The first-order chi connectivity index (χ1) is 7.24. The third-order valence-electron chi connectivity index (χ3n) is 2.99. The quantitative estimate of drug-likeness (QED) is 0.638. The Morgan fingerprint density at radius 3 is 2.80 bits per heavy atom. The number of nitrogens with one attached hydrogen (secondary N) is 1. The van der Waals surface area contributed by atoms with Gasteiger partial charge in [-0.05, 0) is 25.7 Å². The molecule has 15 heavy (non-hydrogen) atoms. The van der Waals surface area contributed by atoms with Gasteiger partial charge in [0.15, 0.2) is 0 Å². The maximum Gasteiger partial charge on any atom is 0.246 e. The van der Waals surface area contributed by atoms with Crippen LogP contribution in [0.5, 0.6) is 0 Å². The number of rotatable bonds is 6. The van der Waals surface area contributed by atoms with Gasteiger partial charge in [-0.2, -0.15) is 0 Å². The van der Waals surface area contributed by atoms with Gasteiger partial charge in [0.1, 0.15) is 6.61 Å². The highest BCUT2D eigenvalue weighted by Crippen LogP contribution is 2.27. The Hall–Kier alpha value is -0.610. The Balaban J connectivity index is 2.13. The smallest absolute Gasteiger partial charge is 0.246 e. The number of nitrogens with two attached hydrogens (primary N) is 1. The molecule has 1 fully saturated rings. The van der Waals surface area contributed by atoms with E-state index in [2.05, 4.69) is 12.2 Å². The number of hydrogen-bond donors (Lipinski definition) is 2. The van der Waals surface area contributed by atoms with Crippen LogP contribution in [0, 0.1) is 5.92 Å². The number of carbonyl (C=O) groups is 1. The van der Waals surface area contributed by atoms with Crippen LogP contribution in [-0.2, 0) is 9.53 Å². The van der Waals surface area contributed by atoms with E-state index in [0.29, 0.717) is 19.1 Å². The molecule has 0 bridgehead atoms. The molecule has 1 atom stereocenters. The normalized spacial score (nSPS) is 19.1. The lowest BCUT2D eigenvalue weighted by molar-refractivity contribution is -0.126. The van der Waals surface area contributed by atoms with Crippen molar-refractivity contribution in [3.05, 3.63) is 0 Å². The minimum absolute atomic E-state index is 0.0251. The lowest BCUT2D eigenvalue weighted by Gasteiger charge is -2.20. The van der Waals surface area contributed by atoms with Crippen LogP contribution in [0.1, 0.15) is 32.6 Å². The van der Waals surface area contributed by atoms with Gasteiger partial charge >= 0.3 is 0 Å². The van der Waals surface area contributed by atoms with Crippen molar-refractivity contribution in [3.63, 3.8) is 0 Å². The van der Waals surface area contributed by atoms with Gasteiger partial charge in [-0.15, -0.1) is 0 Å². The van der Waals surface area contributed by atoms with E-state index >= 15 is 0 Å². The summed E-state index contributed by atoms with van der Waals surface area (Å²) in [5, 5.41) is 2.98. The molecule has 0 aliphatic heterocycles. The zero-order valence-electron chi connectivity index (χ0n) is 9.50. The number of ether oxygens (including phenoxy) is 1. The maximum atomic E-state index is 11.4. The SMILES string of the molecule is CC(NC(=O)COCCN)C1CCCC1. The summed E-state index contributed by atoms with van der Waals surface area (Å²) in [5.74, 6) is 0.631. The van der Waals surface area contributed by atoms with Crippen LogP contribution in [-0.4, -0.2) is 31.7 Å². The van der Waals surface area contributed by atoms with Crippen molar-refractivity contribution in [3.8, 4) is 0 Å². The molecule has 88 valence electrons. The van der Waals surface area contributed by atoms with Gasteiger partial charge in [0.25, 0.3) is 0 Å². The molecule has 0 heterocycles. The van der Waals surface area contributed by atoms with Crippen molar-refractivity contribution in [2.45, 2.75) is 38.6 Å². The fourth-order valence-corrected chi connectivity index (χ4v) is 2.12. The van der Waals surface area contributed by atoms with Crippen LogP contribution in [0.2, 0.25) is 0 Å². The van der Waals surface area contributed by atoms with E-state index in [4.69, 9.17) is 10.5 Å². The van der Waals surface area contributed by atoms with E-state index in [9.17, 15) is 4.79 Å². The fraction of sp³-hybridized carbons (Fsp3) is 0.909. The van der Waals surface area contributed by atoms with E-state index < -0.39 is 0 Å². The number of hydrogen-bond acceptors (Lipinski definition) is 3. The van der Waals surface area contributed by atoms with Crippen molar-refractivity contribution in [1.82, 2.24) is 5.32 Å². The Bertz CT molecular complexity index is 191. The molecule has 0 aromatic heterocycles. The van der Waals surface area contributed by atoms with E-state index in [1.165, 1.54) is 25.7 Å². The van der Waals surface area contributed by atoms with E-state index in [1.54, 1.807) is 0 Å². The van der Waals surface area contributed by atoms with Gasteiger partial charge < -0.3 is 15.8 Å². The molecule has 0 aromatic rings. The van der Waals surface area contributed by atoms with Gasteiger partial charge in [-0.3, -0.25) is 4.79 Å². The summed E-state index contributed by atoms with van der Waals surface area (Å²) in [5.41, 5.74) is 5.26. The molecule has 0 spiro atoms. The molecule has 0 saturated heterocycles. The second-order valence-electron chi connectivity index (χ2n) is 4.24. The van der Waals surface area contributed by atoms with Gasteiger partial charge in [0, 0.05) is 12.6 Å². The molecule has 4 heteroatoms. The first-order valence-corrected chi connectivity index (χ1v) is 5.81. The number of amides is 1. The van der Waals surface area contributed by atoms with Crippen molar-refractivity contribution < 1.29 is 9.53 Å². The summed E-state index contributed by atoms with van der Waals surface area (Å²) >= 11 is 0. The van der Waals surface area contributed by atoms with Crippen LogP contribution in [0.15, 0.2) is 0 Å². The third-order valence-corrected chi connectivity index (χ3v) is 2.99. The standard InChI is InChI=1S/C11H22N2O2/c1-9(10-4-2-3-5-10)13-11(14)8-15-7-6-12/h9-10H,2-8,12H2,1H3,(H,13,14). The topological polar surface area (TPSA) is 64.3 Å². The van der Waals surface area contributed by atoms with Crippen LogP contribution in [0.25, 0.3) is 0 Å². The highest BCUT2D eigenvalue weighted by molar-refractivity contribution is 5.77. The molecule has 1 saturated carbocycles. The summed E-state index contributed by atoms with van der Waals surface area (Å²) in [7, 11) is 0. The highest BCUT2D eigenvalue weighted by atomic mass is 16.5. The zero-order valence-corrected chi connectivity index (χ0v) is 9.50. The average Bonchev–Trinajstić information content (AvgIpc) is 2.70. The monoisotopic (exact) mass is 214 g/mol. The fourth-order valence-electron chi connectivity index (χ4n) is 2.12. The lowest BCUT2D eigenvalue weighted by atomic mass is 10.00. The minimum atomic E-state index is -0.0251. The molecule has 1 unspecified atom stereocenters. The molecular weight excluding hydrogens is 192 g/mol. The van der Waals surface area contributed by atoms with Crippen LogP contribution in [0.3, 0.4) is 0 Å².